The smallest absolute Gasteiger partial charge is 0.221 e. The normalized spacial score (nSPS) is 10.7. The summed E-state index contributed by atoms with van der Waals surface area (Å²) in [5.41, 5.74) is 1.17. The Kier molecular flexibility index (Phi) is 6.01. The molecule has 0 unspecified atom stereocenters. The zero-order valence-corrected chi connectivity index (χ0v) is 15.7. The van der Waals surface area contributed by atoms with Crippen molar-refractivity contribution >= 4 is 33.3 Å². The standard InChI is InChI=1S/C19H22N4O2S/c1-13-11-16-18(22-12-23-19(16)26-13)21-10-8-17(24)20-9-7-14-3-5-15(25-2)6-4-14/h3-6,11-12H,7-10H2,1-2H3,(H,20,24)(H,21,22,23). The molecule has 0 aliphatic heterocycles. The van der Waals surface area contributed by atoms with Crippen molar-refractivity contribution in [1.82, 2.24) is 15.3 Å². The van der Waals surface area contributed by atoms with Gasteiger partial charge in [0.25, 0.3) is 0 Å². The van der Waals surface area contributed by atoms with Gasteiger partial charge in [0, 0.05) is 24.4 Å². The summed E-state index contributed by atoms with van der Waals surface area (Å²) in [6, 6.07) is 9.94. The maximum Gasteiger partial charge on any atom is 0.221 e. The molecule has 1 amide bonds. The number of nitrogens with zero attached hydrogens (tertiary/aromatic N) is 2. The number of carbonyl (C=O) groups excluding carboxylic acids is 1. The topological polar surface area (TPSA) is 76.1 Å². The van der Waals surface area contributed by atoms with Crippen molar-refractivity contribution in [2.45, 2.75) is 19.8 Å². The van der Waals surface area contributed by atoms with Gasteiger partial charge in [-0.05, 0) is 37.1 Å². The highest BCUT2D eigenvalue weighted by molar-refractivity contribution is 7.18. The van der Waals surface area contributed by atoms with Crippen molar-refractivity contribution in [1.29, 1.82) is 0 Å². The van der Waals surface area contributed by atoms with Crippen LogP contribution in [-0.2, 0) is 11.2 Å². The molecule has 3 aromatic rings. The van der Waals surface area contributed by atoms with Crippen LogP contribution in [0.2, 0.25) is 0 Å². The molecule has 3 rings (SSSR count). The van der Waals surface area contributed by atoms with Crippen LogP contribution >= 0.6 is 11.3 Å². The number of rotatable bonds is 8. The molecule has 6 nitrogen and oxygen atoms in total. The second-order valence-electron chi connectivity index (χ2n) is 5.92. The highest BCUT2D eigenvalue weighted by Crippen LogP contribution is 2.27. The van der Waals surface area contributed by atoms with Crippen LogP contribution in [-0.4, -0.2) is 36.1 Å². The maximum atomic E-state index is 12.0. The van der Waals surface area contributed by atoms with E-state index in [-0.39, 0.29) is 5.91 Å². The quantitative estimate of drug-likeness (QED) is 0.637. The van der Waals surface area contributed by atoms with Crippen LogP contribution in [0, 0.1) is 6.92 Å². The molecule has 0 aliphatic carbocycles. The predicted molar refractivity (Wildman–Crippen MR) is 105 cm³/mol. The summed E-state index contributed by atoms with van der Waals surface area (Å²) in [5.74, 6) is 1.65. The highest BCUT2D eigenvalue weighted by Gasteiger charge is 2.07. The van der Waals surface area contributed by atoms with Gasteiger partial charge in [-0.25, -0.2) is 9.97 Å². The molecule has 0 saturated carbocycles. The van der Waals surface area contributed by atoms with Gasteiger partial charge in [-0.2, -0.15) is 0 Å². The van der Waals surface area contributed by atoms with Crippen LogP contribution in [0.5, 0.6) is 5.75 Å². The molecule has 1 aromatic carbocycles. The lowest BCUT2D eigenvalue weighted by Crippen LogP contribution is -2.27. The monoisotopic (exact) mass is 370 g/mol. The summed E-state index contributed by atoms with van der Waals surface area (Å²) in [6.07, 6.45) is 2.75. The Morgan fingerprint density at radius 1 is 1.19 bits per heavy atom. The van der Waals surface area contributed by atoms with E-state index in [9.17, 15) is 4.79 Å². The molecule has 0 radical (unpaired) electrons. The summed E-state index contributed by atoms with van der Waals surface area (Å²) in [6.45, 7) is 3.20. The van der Waals surface area contributed by atoms with Gasteiger partial charge in [0.2, 0.25) is 5.91 Å². The number of carbonyl (C=O) groups is 1. The van der Waals surface area contributed by atoms with E-state index in [1.165, 1.54) is 10.4 Å². The molecule has 7 heteroatoms. The Morgan fingerprint density at radius 2 is 2.00 bits per heavy atom. The summed E-state index contributed by atoms with van der Waals surface area (Å²) < 4.78 is 5.14. The third-order valence-corrected chi connectivity index (χ3v) is 4.95. The van der Waals surface area contributed by atoms with Gasteiger partial charge in [0.15, 0.2) is 0 Å². The van der Waals surface area contributed by atoms with E-state index in [0.29, 0.717) is 19.5 Å². The van der Waals surface area contributed by atoms with Gasteiger partial charge in [0.1, 0.15) is 22.7 Å². The highest BCUT2D eigenvalue weighted by atomic mass is 32.1. The number of aromatic nitrogens is 2. The minimum Gasteiger partial charge on any atom is -0.497 e. The lowest BCUT2D eigenvalue weighted by molar-refractivity contribution is -0.120. The molecule has 0 bridgehead atoms. The Labute approximate surface area is 156 Å². The Morgan fingerprint density at radius 3 is 2.77 bits per heavy atom. The largest absolute Gasteiger partial charge is 0.497 e. The first-order valence-corrected chi connectivity index (χ1v) is 9.32. The van der Waals surface area contributed by atoms with Gasteiger partial charge >= 0.3 is 0 Å². The molecule has 26 heavy (non-hydrogen) atoms. The first-order chi connectivity index (χ1) is 12.7. The number of nitrogens with one attached hydrogen (secondary N) is 2. The van der Waals surface area contributed by atoms with Crippen molar-refractivity contribution in [3.8, 4) is 5.75 Å². The fourth-order valence-electron chi connectivity index (χ4n) is 2.64. The number of methoxy groups -OCH3 is 1. The molecule has 0 spiro atoms. The van der Waals surface area contributed by atoms with Gasteiger partial charge < -0.3 is 15.4 Å². The van der Waals surface area contributed by atoms with Crippen molar-refractivity contribution in [3.63, 3.8) is 0 Å². The van der Waals surface area contributed by atoms with E-state index < -0.39 is 0 Å². The average Bonchev–Trinajstić information content (AvgIpc) is 3.03. The Hall–Kier alpha value is -2.67. The predicted octanol–water partition coefficient (Wildman–Crippen LogP) is 3.17. The van der Waals surface area contributed by atoms with Crippen LogP contribution in [0.15, 0.2) is 36.7 Å². The van der Waals surface area contributed by atoms with Gasteiger partial charge in [-0.15, -0.1) is 11.3 Å². The minimum absolute atomic E-state index is 0.0258. The molecule has 0 atom stereocenters. The number of anilines is 1. The second-order valence-corrected chi connectivity index (χ2v) is 7.16. The fraction of sp³-hybridized carbons (Fsp3) is 0.316. The molecule has 0 fully saturated rings. The molecule has 2 aromatic heterocycles. The maximum absolute atomic E-state index is 12.0. The average molecular weight is 370 g/mol. The molecule has 0 saturated heterocycles. The SMILES string of the molecule is COc1ccc(CCNC(=O)CCNc2ncnc3sc(C)cc23)cc1. The first-order valence-electron chi connectivity index (χ1n) is 8.50. The summed E-state index contributed by atoms with van der Waals surface area (Å²) in [7, 11) is 1.65. The zero-order chi connectivity index (χ0) is 18.4. The number of benzene rings is 1. The van der Waals surface area contributed by atoms with Crippen LogP contribution in [0.3, 0.4) is 0 Å². The van der Waals surface area contributed by atoms with Gasteiger partial charge in [-0.1, -0.05) is 12.1 Å². The third-order valence-electron chi connectivity index (χ3n) is 3.99. The van der Waals surface area contributed by atoms with Crippen molar-refractivity contribution in [2.75, 3.05) is 25.5 Å². The number of thiophene rings is 1. The van der Waals surface area contributed by atoms with Crippen LogP contribution in [0.25, 0.3) is 10.2 Å². The number of hydrogen-bond donors (Lipinski definition) is 2. The first kappa shape index (κ1) is 18.1. The molecule has 0 aliphatic rings. The fourth-order valence-corrected chi connectivity index (χ4v) is 3.49. The Balaban J connectivity index is 1.41. The van der Waals surface area contributed by atoms with Crippen LogP contribution in [0.1, 0.15) is 16.9 Å². The molecule has 2 heterocycles. The Bertz CT molecular complexity index is 877. The second kappa shape index (κ2) is 8.62. The minimum atomic E-state index is 0.0258. The summed E-state index contributed by atoms with van der Waals surface area (Å²) >= 11 is 1.64. The van der Waals surface area contributed by atoms with E-state index in [4.69, 9.17) is 4.74 Å². The van der Waals surface area contributed by atoms with Crippen LogP contribution in [0.4, 0.5) is 5.82 Å². The zero-order valence-electron chi connectivity index (χ0n) is 14.9. The van der Waals surface area contributed by atoms with Gasteiger partial charge in [0.05, 0.1) is 12.5 Å². The van der Waals surface area contributed by atoms with Crippen molar-refractivity contribution in [3.05, 3.63) is 47.1 Å². The molecular weight excluding hydrogens is 348 g/mol. The van der Waals surface area contributed by atoms with E-state index >= 15 is 0 Å². The molecular formula is C19H22N4O2S. The van der Waals surface area contributed by atoms with Gasteiger partial charge in [-0.3, -0.25) is 4.79 Å². The summed E-state index contributed by atoms with van der Waals surface area (Å²) in [5, 5.41) is 7.19. The lowest BCUT2D eigenvalue weighted by Gasteiger charge is -2.08. The van der Waals surface area contributed by atoms with E-state index in [1.807, 2.05) is 31.2 Å². The number of aryl methyl sites for hydroxylation is 1. The molecule has 2 N–H and O–H groups in total. The van der Waals surface area contributed by atoms with E-state index in [0.717, 1.165) is 28.2 Å². The number of amides is 1. The summed E-state index contributed by atoms with van der Waals surface area (Å²) in [4.78, 5) is 22.7. The lowest BCUT2D eigenvalue weighted by atomic mass is 10.1. The van der Waals surface area contributed by atoms with E-state index in [1.54, 1.807) is 24.8 Å². The number of ether oxygens (including phenoxy) is 1. The van der Waals surface area contributed by atoms with E-state index in [2.05, 4.69) is 26.7 Å². The van der Waals surface area contributed by atoms with Crippen molar-refractivity contribution < 1.29 is 9.53 Å². The van der Waals surface area contributed by atoms with Crippen LogP contribution < -0.4 is 15.4 Å². The number of hydrogen-bond acceptors (Lipinski definition) is 6. The third kappa shape index (κ3) is 4.70. The number of fused-ring (bicyclic) bond motifs is 1. The molecule has 136 valence electrons. The van der Waals surface area contributed by atoms with Crippen molar-refractivity contribution in [2.24, 2.45) is 0 Å².